The van der Waals surface area contributed by atoms with Crippen molar-refractivity contribution in [2.75, 3.05) is 7.11 Å². The van der Waals surface area contributed by atoms with Crippen LogP contribution in [0.15, 0.2) is 24.3 Å². The Morgan fingerprint density at radius 1 is 1.19 bits per heavy atom. The molecule has 0 aliphatic rings. The zero-order valence-corrected chi connectivity index (χ0v) is 10.2. The molecule has 0 saturated heterocycles. The molecule has 88 valence electrons. The molecule has 3 nitrogen and oxygen atoms in total. The molecule has 0 unspecified atom stereocenters. The van der Waals surface area contributed by atoms with Gasteiger partial charge in [0.2, 0.25) is 0 Å². The van der Waals surface area contributed by atoms with Crippen LogP contribution >= 0.6 is 0 Å². The van der Waals surface area contributed by atoms with Gasteiger partial charge in [-0.15, -0.1) is 0 Å². The number of carbonyl (C=O) groups excluding carboxylic acids is 1. The monoisotopic (exact) mass is 222 g/mol. The lowest BCUT2D eigenvalue weighted by atomic mass is 10.1. The van der Waals surface area contributed by atoms with E-state index in [9.17, 15) is 4.79 Å². The van der Waals surface area contributed by atoms with Crippen molar-refractivity contribution >= 4 is 5.97 Å². The summed E-state index contributed by atoms with van der Waals surface area (Å²) >= 11 is 0. The summed E-state index contributed by atoms with van der Waals surface area (Å²) in [5.74, 6) is 0.433. The summed E-state index contributed by atoms with van der Waals surface area (Å²) in [6, 6.07) is 7.54. The van der Waals surface area contributed by atoms with Gasteiger partial charge in [0, 0.05) is 5.56 Å². The number of ether oxygens (including phenoxy) is 2. The summed E-state index contributed by atoms with van der Waals surface area (Å²) in [5.41, 5.74) is 0.888. The minimum atomic E-state index is -0.286. The van der Waals surface area contributed by atoms with Gasteiger partial charge >= 0.3 is 5.97 Å². The molecule has 0 fully saturated rings. The fraction of sp³-hybridized carbons (Fsp3) is 0.462. The number of rotatable bonds is 4. The Balaban J connectivity index is 2.80. The smallest absolute Gasteiger partial charge is 0.308 e. The number of benzene rings is 1. The number of hydrogen-bond donors (Lipinski definition) is 0. The van der Waals surface area contributed by atoms with Gasteiger partial charge in [-0.1, -0.05) is 32.0 Å². The van der Waals surface area contributed by atoms with Crippen LogP contribution in [-0.4, -0.2) is 13.1 Å². The van der Waals surface area contributed by atoms with Gasteiger partial charge < -0.3 is 9.47 Å². The van der Waals surface area contributed by atoms with Gasteiger partial charge in [-0.05, 0) is 13.0 Å². The van der Waals surface area contributed by atoms with Crippen LogP contribution < -0.4 is 4.74 Å². The van der Waals surface area contributed by atoms with E-state index in [4.69, 9.17) is 9.47 Å². The van der Waals surface area contributed by atoms with Crippen molar-refractivity contribution in [1.29, 1.82) is 0 Å². The Labute approximate surface area is 96.4 Å². The maximum absolute atomic E-state index is 11.5. The summed E-state index contributed by atoms with van der Waals surface area (Å²) in [6.45, 7) is 5.48. The molecule has 0 bridgehead atoms. The predicted molar refractivity (Wildman–Crippen MR) is 62.3 cm³/mol. The Kier molecular flexibility index (Phi) is 4.35. The molecular weight excluding hydrogens is 204 g/mol. The third-order valence-electron chi connectivity index (χ3n) is 2.34. The lowest BCUT2D eigenvalue weighted by Gasteiger charge is -2.17. The van der Waals surface area contributed by atoms with Crippen LogP contribution in [0.3, 0.4) is 0 Å². The maximum Gasteiger partial charge on any atom is 0.308 e. The molecule has 3 heteroatoms. The third-order valence-corrected chi connectivity index (χ3v) is 2.34. The SMILES string of the molecule is COc1ccccc1[C@@H](C)OC(=O)C(C)C. The number of hydrogen-bond acceptors (Lipinski definition) is 3. The van der Waals surface area contributed by atoms with Crippen molar-refractivity contribution in [3.63, 3.8) is 0 Å². The second-order valence-electron chi connectivity index (χ2n) is 3.98. The van der Waals surface area contributed by atoms with Crippen LogP contribution in [0, 0.1) is 5.92 Å². The van der Waals surface area contributed by atoms with E-state index < -0.39 is 0 Å². The van der Waals surface area contributed by atoms with E-state index in [1.807, 2.05) is 45.0 Å². The molecule has 1 rings (SSSR count). The maximum atomic E-state index is 11.5. The Morgan fingerprint density at radius 2 is 1.81 bits per heavy atom. The van der Waals surface area contributed by atoms with Crippen LogP contribution in [0.5, 0.6) is 5.75 Å². The molecule has 0 N–H and O–H groups in total. The van der Waals surface area contributed by atoms with Gasteiger partial charge in [-0.3, -0.25) is 4.79 Å². The largest absolute Gasteiger partial charge is 0.496 e. The van der Waals surface area contributed by atoms with Crippen molar-refractivity contribution in [3.8, 4) is 5.75 Å². The van der Waals surface area contributed by atoms with Crippen molar-refractivity contribution < 1.29 is 14.3 Å². The second kappa shape index (κ2) is 5.54. The fourth-order valence-electron chi connectivity index (χ4n) is 1.38. The molecule has 0 aliphatic carbocycles. The van der Waals surface area contributed by atoms with Crippen molar-refractivity contribution in [3.05, 3.63) is 29.8 Å². The van der Waals surface area contributed by atoms with E-state index in [0.29, 0.717) is 0 Å². The van der Waals surface area contributed by atoms with E-state index in [-0.39, 0.29) is 18.0 Å². The van der Waals surface area contributed by atoms with Gasteiger partial charge in [-0.25, -0.2) is 0 Å². The average Bonchev–Trinajstić information content (AvgIpc) is 2.28. The lowest BCUT2D eigenvalue weighted by Crippen LogP contribution is -2.14. The summed E-state index contributed by atoms with van der Waals surface area (Å²) in [4.78, 5) is 11.5. The van der Waals surface area contributed by atoms with Crippen molar-refractivity contribution in [1.82, 2.24) is 0 Å². The van der Waals surface area contributed by atoms with E-state index in [0.717, 1.165) is 11.3 Å². The fourth-order valence-corrected chi connectivity index (χ4v) is 1.38. The first-order chi connectivity index (χ1) is 7.56. The van der Waals surface area contributed by atoms with Gasteiger partial charge in [0.15, 0.2) is 0 Å². The molecule has 0 aliphatic heterocycles. The summed E-state index contributed by atoms with van der Waals surface area (Å²) in [5, 5.41) is 0. The minimum absolute atomic E-state index is 0.114. The molecule has 1 atom stereocenters. The first-order valence-corrected chi connectivity index (χ1v) is 5.39. The van der Waals surface area contributed by atoms with Gasteiger partial charge in [0.25, 0.3) is 0 Å². The number of methoxy groups -OCH3 is 1. The third kappa shape index (κ3) is 2.99. The highest BCUT2D eigenvalue weighted by Crippen LogP contribution is 2.27. The van der Waals surface area contributed by atoms with Crippen LogP contribution in [0.25, 0.3) is 0 Å². The highest BCUT2D eigenvalue weighted by atomic mass is 16.5. The molecular formula is C13H18O3. The minimum Gasteiger partial charge on any atom is -0.496 e. The van der Waals surface area contributed by atoms with E-state index in [2.05, 4.69) is 0 Å². The molecule has 16 heavy (non-hydrogen) atoms. The van der Waals surface area contributed by atoms with Crippen molar-refractivity contribution in [2.45, 2.75) is 26.9 Å². The van der Waals surface area contributed by atoms with E-state index in [1.54, 1.807) is 7.11 Å². The first-order valence-electron chi connectivity index (χ1n) is 5.39. The molecule has 0 radical (unpaired) electrons. The Hall–Kier alpha value is -1.51. The van der Waals surface area contributed by atoms with Gasteiger partial charge in [-0.2, -0.15) is 0 Å². The zero-order chi connectivity index (χ0) is 12.1. The number of esters is 1. The Morgan fingerprint density at radius 3 is 2.38 bits per heavy atom. The quantitative estimate of drug-likeness (QED) is 0.735. The summed E-state index contributed by atoms with van der Waals surface area (Å²) < 4.78 is 10.5. The summed E-state index contributed by atoms with van der Waals surface area (Å²) in [6.07, 6.45) is -0.286. The average molecular weight is 222 g/mol. The van der Waals surface area contributed by atoms with Crippen LogP contribution in [-0.2, 0) is 9.53 Å². The number of para-hydroxylation sites is 1. The molecule has 0 aromatic heterocycles. The molecule has 0 heterocycles. The van der Waals surface area contributed by atoms with E-state index >= 15 is 0 Å². The normalized spacial score (nSPS) is 12.3. The highest BCUT2D eigenvalue weighted by molar-refractivity contribution is 5.71. The Bertz CT molecular complexity index is 358. The second-order valence-corrected chi connectivity index (χ2v) is 3.98. The van der Waals surface area contributed by atoms with Crippen molar-refractivity contribution in [2.24, 2.45) is 5.92 Å². The molecule has 0 amide bonds. The van der Waals surface area contributed by atoms with Crippen LogP contribution in [0.4, 0.5) is 0 Å². The van der Waals surface area contributed by atoms with Gasteiger partial charge in [0.1, 0.15) is 11.9 Å². The van der Waals surface area contributed by atoms with Crippen LogP contribution in [0.1, 0.15) is 32.4 Å². The highest BCUT2D eigenvalue weighted by Gasteiger charge is 2.17. The summed E-state index contributed by atoms with van der Waals surface area (Å²) in [7, 11) is 1.61. The van der Waals surface area contributed by atoms with E-state index in [1.165, 1.54) is 0 Å². The topological polar surface area (TPSA) is 35.5 Å². The molecule has 1 aromatic rings. The molecule has 0 spiro atoms. The zero-order valence-electron chi connectivity index (χ0n) is 10.2. The standard InChI is InChI=1S/C13H18O3/c1-9(2)13(14)16-10(3)11-7-5-6-8-12(11)15-4/h5-10H,1-4H3/t10-/m1/s1. The molecule has 1 aromatic carbocycles. The number of carbonyl (C=O) groups is 1. The molecule has 0 saturated carbocycles. The first kappa shape index (κ1) is 12.6. The van der Waals surface area contributed by atoms with Crippen LogP contribution in [0.2, 0.25) is 0 Å². The lowest BCUT2D eigenvalue weighted by molar-refractivity contribution is -0.152. The predicted octanol–water partition coefficient (Wildman–Crippen LogP) is 2.96. The van der Waals surface area contributed by atoms with Gasteiger partial charge in [0.05, 0.1) is 13.0 Å².